The third kappa shape index (κ3) is 4.91. The van der Waals surface area contributed by atoms with Gasteiger partial charge < -0.3 is 0 Å². The van der Waals surface area contributed by atoms with Crippen molar-refractivity contribution in [3.8, 4) is 0 Å². The quantitative estimate of drug-likeness (QED) is 0.595. The van der Waals surface area contributed by atoms with E-state index in [1.54, 1.807) is 6.07 Å². The standard InChI is InChI=1S/C18H26F2Si/c1-3-21-13(2)16-9-6-14(7-10-16)4-5-15-8-11-17(19)18(20)12-15/h8,11-14,16H,3-7,9-10H2,1-2H3. The van der Waals surface area contributed by atoms with E-state index in [-0.39, 0.29) is 0 Å². The highest BCUT2D eigenvalue weighted by Crippen LogP contribution is 2.37. The molecule has 0 bridgehead atoms. The Balaban J connectivity index is 1.74. The van der Waals surface area contributed by atoms with Crippen LogP contribution in [0.5, 0.6) is 0 Å². The van der Waals surface area contributed by atoms with Gasteiger partial charge in [0.15, 0.2) is 11.6 Å². The lowest BCUT2D eigenvalue weighted by Gasteiger charge is -2.32. The smallest absolute Gasteiger partial charge is 0.159 e. The Hall–Kier alpha value is -0.703. The molecule has 2 rings (SSSR count). The molecule has 0 spiro atoms. The molecule has 1 aromatic rings. The summed E-state index contributed by atoms with van der Waals surface area (Å²) in [5, 5.41) is 0. The highest BCUT2D eigenvalue weighted by Gasteiger charge is 2.24. The van der Waals surface area contributed by atoms with Crippen molar-refractivity contribution in [2.24, 2.45) is 11.8 Å². The summed E-state index contributed by atoms with van der Waals surface area (Å²) in [6.07, 6.45) is 7.33. The van der Waals surface area contributed by atoms with Gasteiger partial charge in [-0.05, 0) is 47.9 Å². The van der Waals surface area contributed by atoms with E-state index in [1.165, 1.54) is 43.9 Å². The Kier molecular flexibility index (Phi) is 6.40. The lowest BCUT2D eigenvalue weighted by Crippen LogP contribution is -2.20. The molecule has 1 fully saturated rings. The Labute approximate surface area is 130 Å². The van der Waals surface area contributed by atoms with Crippen molar-refractivity contribution in [1.82, 2.24) is 0 Å². The Morgan fingerprint density at radius 3 is 2.48 bits per heavy atom. The van der Waals surface area contributed by atoms with Crippen molar-refractivity contribution >= 4 is 9.52 Å². The van der Waals surface area contributed by atoms with Crippen molar-refractivity contribution in [1.29, 1.82) is 0 Å². The third-order valence-electron chi connectivity index (χ3n) is 4.95. The van der Waals surface area contributed by atoms with Gasteiger partial charge in [-0.2, -0.15) is 0 Å². The summed E-state index contributed by atoms with van der Waals surface area (Å²) in [6, 6.07) is 5.63. The van der Waals surface area contributed by atoms with Crippen LogP contribution in [0.4, 0.5) is 8.78 Å². The Bertz CT molecular complexity index is 439. The van der Waals surface area contributed by atoms with Crippen LogP contribution in [0.15, 0.2) is 18.2 Å². The van der Waals surface area contributed by atoms with Crippen molar-refractivity contribution in [3.05, 3.63) is 35.4 Å². The topological polar surface area (TPSA) is 0 Å². The van der Waals surface area contributed by atoms with Gasteiger partial charge in [-0.1, -0.05) is 51.6 Å². The number of halogens is 2. The van der Waals surface area contributed by atoms with E-state index in [4.69, 9.17) is 0 Å². The van der Waals surface area contributed by atoms with E-state index in [2.05, 4.69) is 13.8 Å². The zero-order chi connectivity index (χ0) is 15.2. The van der Waals surface area contributed by atoms with Gasteiger partial charge in [0.2, 0.25) is 0 Å². The van der Waals surface area contributed by atoms with Crippen molar-refractivity contribution in [3.63, 3.8) is 0 Å². The third-order valence-corrected chi connectivity index (χ3v) is 6.47. The summed E-state index contributed by atoms with van der Waals surface area (Å²) < 4.78 is 26.1. The molecule has 0 saturated heterocycles. The number of hydrogen-bond donors (Lipinski definition) is 0. The summed E-state index contributed by atoms with van der Waals surface area (Å²) in [6.45, 7) is 4.69. The molecule has 0 N–H and O–H groups in total. The zero-order valence-corrected chi connectivity index (χ0v) is 14.2. The molecule has 1 aliphatic carbocycles. The van der Waals surface area contributed by atoms with Crippen LogP contribution in [0.1, 0.15) is 51.5 Å². The minimum absolute atomic E-state index is 0.717. The predicted octanol–water partition coefficient (Wildman–Crippen LogP) is 5.65. The van der Waals surface area contributed by atoms with E-state index in [1.807, 2.05) is 0 Å². The van der Waals surface area contributed by atoms with Crippen molar-refractivity contribution in [2.45, 2.75) is 64.0 Å². The molecule has 1 unspecified atom stereocenters. The van der Waals surface area contributed by atoms with Crippen LogP contribution in [0.2, 0.25) is 11.6 Å². The molecule has 116 valence electrons. The van der Waals surface area contributed by atoms with E-state index in [0.29, 0.717) is 0 Å². The highest BCUT2D eigenvalue weighted by molar-refractivity contribution is 6.37. The van der Waals surface area contributed by atoms with E-state index >= 15 is 0 Å². The SMILES string of the molecule is CC[Si]C(C)C1CCC(CCc2ccc(F)c(F)c2)CC1. The molecule has 0 nitrogen and oxygen atoms in total. The summed E-state index contributed by atoms with van der Waals surface area (Å²) in [4.78, 5) is 0. The summed E-state index contributed by atoms with van der Waals surface area (Å²) in [7, 11) is 1.11. The van der Waals surface area contributed by atoms with Crippen molar-refractivity contribution < 1.29 is 8.78 Å². The monoisotopic (exact) mass is 308 g/mol. The summed E-state index contributed by atoms with van der Waals surface area (Å²) in [5.41, 5.74) is 1.82. The first-order valence-corrected chi connectivity index (χ1v) is 9.56. The van der Waals surface area contributed by atoms with Crippen LogP contribution >= 0.6 is 0 Å². The predicted molar refractivity (Wildman–Crippen MR) is 85.8 cm³/mol. The molecule has 0 aliphatic heterocycles. The van der Waals surface area contributed by atoms with Crippen LogP contribution in [-0.2, 0) is 6.42 Å². The number of rotatable bonds is 6. The molecular weight excluding hydrogens is 282 g/mol. The normalized spacial score (nSPS) is 24.0. The van der Waals surface area contributed by atoms with Gasteiger partial charge in [0.25, 0.3) is 0 Å². The van der Waals surface area contributed by atoms with Crippen LogP contribution in [0, 0.1) is 23.5 Å². The van der Waals surface area contributed by atoms with Crippen LogP contribution in [0.25, 0.3) is 0 Å². The van der Waals surface area contributed by atoms with Crippen LogP contribution in [0.3, 0.4) is 0 Å². The van der Waals surface area contributed by atoms with Gasteiger partial charge >= 0.3 is 0 Å². The average molecular weight is 308 g/mol. The average Bonchev–Trinajstić information content (AvgIpc) is 2.49. The Morgan fingerprint density at radius 1 is 1.14 bits per heavy atom. The molecular formula is C18H26F2Si. The summed E-state index contributed by atoms with van der Waals surface area (Å²) in [5.74, 6) is 0.227. The van der Waals surface area contributed by atoms with Gasteiger partial charge in [-0.25, -0.2) is 8.78 Å². The van der Waals surface area contributed by atoms with Gasteiger partial charge in [0.1, 0.15) is 0 Å². The van der Waals surface area contributed by atoms with Gasteiger partial charge in [0.05, 0.1) is 0 Å². The molecule has 1 aliphatic rings. The fraction of sp³-hybridized carbons (Fsp3) is 0.667. The zero-order valence-electron chi connectivity index (χ0n) is 13.2. The summed E-state index contributed by atoms with van der Waals surface area (Å²) >= 11 is 0. The highest BCUT2D eigenvalue weighted by atomic mass is 28.2. The molecule has 1 saturated carbocycles. The maximum absolute atomic E-state index is 13.2. The molecule has 3 heteroatoms. The lowest BCUT2D eigenvalue weighted by molar-refractivity contribution is 0.258. The second-order valence-corrected chi connectivity index (χ2v) is 8.44. The van der Waals surface area contributed by atoms with Crippen LogP contribution in [-0.4, -0.2) is 9.52 Å². The fourth-order valence-electron chi connectivity index (χ4n) is 3.53. The Morgan fingerprint density at radius 2 is 1.86 bits per heavy atom. The van der Waals surface area contributed by atoms with E-state index in [0.717, 1.165) is 45.3 Å². The molecule has 2 radical (unpaired) electrons. The molecule has 21 heavy (non-hydrogen) atoms. The second-order valence-electron chi connectivity index (χ2n) is 6.41. The first-order chi connectivity index (χ1) is 10.1. The number of benzene rings is 1. The first-order valence-electron chi connectivity index (χ1n) is 8.27. The largest absolute Gasteiger partial charge is 0.204 e. The molecule has 0 aromatic heterocycles. The molecule has 1 atom stereocenters. The lowest BCUT2D eigenvalue weighted by atomic mass is 9.78. The van der Waals surface area contributed by atoms with Gasteiger partial charge in [0, 0.05) is 9.52 Å². The van der Waals surface area contributed by atoms with Crippen molar-refractivity contribution in [2.75, 3.05) is 0 Å². The fourth-order valence-corrected chi connectivity index (χ4v) is 4.84. The second kappa shape index (κ2) is 8.07. The minimum atomic E-state index is -0.745. The maximum Gasteiger partial charge on any atom is 0.159 e. The van der Waals surface area contributed by atoms with Crippen LogP contribution < -0.4 is 0 Å². The number of aryl methyl sites for hydroxylation is 1. The molecule has 0 heterocycles. The molecule has 0 amide bonds. The van der Waals surface area contributed by atoms with Gasteiger partial charge in [-0.15, -0.1) is 0 Å². The minimum Gasteiger partial charge on any atom is -0.204 e. The number of hydrogen-bond acceptors (Lipinski definition) is 0. The van der Waals surface area contributed by atoms with E-state index < -0.39 is 11.6 Å². The first kappa shape index (κ1) is 16.7. The van der Waals surface area contributed by atoms with Gasteiger partial charge in [-0.3, -0.25) is 0 Å². The maximum atomic E-state index is 13.2. The van der Waals surface area contributed by atoms with E-state index in [9.17, 15) is 8.78 Å². The molecule has 1 aromatic carbocycles.